The van der Waals surface area contributed by atoms with Gasteiger partial charge in [0.25, 0.3) is 0 Å². The van der Waals surface area contributed by atoms with Gasteiger partial charge in [-0.1, -0.05) is 0 Å². The first kappa shape index (κ1) is 11.3. The fourth-order valence-corrected chi connectivity index (χ4v) is 2.57. The fourth-order valence-electron chi connectivity index (χ4n) is 0.880. The molecule has 64 valence electrons. The zero-order valence-corrected chi connectivity index (χ0v) is 8.82. The molecule has 0 fully saturated rings. The van der Waals surface area contributed by atoms with Crippen molar-refractivity contribution in [2.24, 2.45) is 0 Å². The van der Waals surface area contributed by atoms with Gasteiger partial charge in [0.2, 0.25) is 0 Å². The van der Waals surface area contributed by atoms with Crippen LogP contribution in [0.2, 0.25) is 0 Å². The quantitative estimate of drug-likeness (QED) is 0.715. The Morgan fingerprint density at radius 1 is 1.36 bits per heavy atom. The number of rotatable bonds is 3. The van der Waals surface area contributed by atoms with Gasteiger partial charge >= 0.3 is 66.3 Å². The van der Waals surface area contributed by atoms with Crippen LogP contribution >= 0.6 is 12.4 Å². The second-order valence-electron chi connectivity index (χ2n) is 1.91. The van der Waals surface area contributed by atoms with Crippen LogP contribution in [-0.2, 0) is 23.2 Å². The van der Waals surface area contributed by atoms with E-state index in [1.807, 2.05) is 0 Å². The molecule has 11 heavy (non-hydrogen) atoms. The van der Waals surface area contributed by atoms with Crippen molar-refractivity contribution in [3.05, 3.63) is 22.5 Å². The Bertz CT molecular complexity index is 164. The van der Waals surface area contributed by atoms with Crippen LogP contribution in [0.4, 0.5) is 0 Å². The van der Waals surface area contributed by atoms with Crippen molar-refractivity contribution in [1.82, 2.24) is 0 Å². The van der Waals surface area contributed by atoms with E-state index in [1.165, 1.54) is 4.28 Å². The summed E-state index contributed by atoms with van der Waals surface area (Å²) in [6.07, 6.45) is 7.28. The summed E-state index contributed by atoms with van der Waals surface area (Å²) in [5, 5.41) is 0. The van der Waals surface area contributed by atoms with Crippen LogP contribution in [0.1, 0.15) is 6.42 Å². The second-order valence-corrected chi connectivity index (χ2v) is 4.75. The van der Waals surface area contributed by atoms with Crippen LogP contribution in [0, 0.1) is 0 Å². The first-order valence-electron chi connectivity index (χ1n) is 3.12. The Hall–Kier alpha value is 0.274. The maximum atomic E-state index is 5.20. The maximum absolute atomic E-state index is 5.20. The molecular weight excluding hydrogens is 202 g/mol. The number of allylic oxidation sites excluding steroid dienone is 4. The average molecular weight is 215 g/mol. The number of hydrogen-bond donors (Lipinski definition) is 0. The summed E-state index contributed by atoms with van der Waals surface area (Å²) in [5.41, 5.74) is 0. The number of hydrogen-bond acceptors (Lipinski definition) is 2. The van der Waals surface area contributed by atoms with E-state index < -0.39 is 15.9 Å². The van der Waals surface area contributed by atoms with E-state index in [0.29, 0.717) is 0 Å². The van der Waals surface area contributed by atoms with Gasteiger partial charge in [-0.3, -0.25) is 0 Å². The van der Waals surface area contributed by atoms with Gasteiger partial charge in [0.15, 0.2) is 0 Å². The molecule has 0 unspecified atom stereocenters. The molecule has 0 aromatic rings. The summed E-state index contributed by atoms with van der Waals surface area (Å²) in [7, 11) is 3.42. The van der Waals surface area contributed by atoms with Crippen molar-refractivity contribution in [1.29, 1.82) is 0 Å². The van der Waals surface area contributed by atoms with Gasteiger partial charge in [0.1, 0.15) is 0 Å². The van der Waals surface area contributed by atoms with Gasteiger partial charge in [-0.25, -0.2) is 0 Å². The van der Waals surface area contributed by atoms with Gasteiger partial charge in [0.05, 0.1) is 0 Å². The van der Waals surface area contributed by atoms with E-state index in [2.05, 4.69) is 18.2 Å². The van der Waals surface area contributed by atoms with Crippen molar-refractivity contribution >= 4 is 12.4 Å². The minimum absolute atomic E-state index is 0. The molecule has 1 aliphatic rings. The Kier molecular flexibility index (Phi) is 6.01. The SMILES string of the molecule is C[O][V]([O]C)[C]1=CC=CC1.Cl. The molecule has 0 aliphatic heterocycles. The second kappa shape index (κ2) is 5.87. The molecule has 4 heteroatoms. The molecule has 0 amide bonds. The molecule has 0 radical (unpaired) electrons. The van der Waals surface area contributed by atoms with Gasteiger partial charge in [-0.2, -0.15) is 0 Å². The van der Waals surface area contributed by atoms with Gasteiger partial charge in [-0.05, 0) is 0 Å². The maximum Gasteiger partial charge on any atom is -0.147 e. The summed E-state index contributed by atoms with van der Waals surface area (Å²) in [4.78, 5) is 0. The largest absolute Gasteiger partial charge is 0.147 e. The molecule has 0 atom stereocenters. The third kappa shape index (κ3) is 3.02. The van der Waals surface area contributed by atoms with Crippen molar-refractivity contribution in [3.8, 4) is 0 Å². The third-order valence-corrected chi connectivity index (χ3v) is 3.60. The molecule has 2 nitrogen and oxygen atoms in total. The molecular formula is C7H12ClO2V. The Balaban J connectivity index is 0.000001000. The van der Waals surface area contributed by atoms with Crippen LogP contribution in [0.15, 0.2) is 22.5 Å². The van der Waals surface area contributed by atoms with Crippen LogP contribution in [0.5, 0.6) is 0 Å². The monoisotopic (exact) mass is 214 g/mol. The van der Waals surface area contributed by atoms with Crippen LogP contribution in [-0.4, -0.2) is 14.2 Å². The average Bonchev–Trinajstić information content (AvgIpc) is 2.43. The predicted molar refractivity (Wildman–Crippen MR) is 43.1 cm³/mol. The summed E-state index contributed by atoms with van der Waals surface area (Å²) < 4.78 is 11.7. The van der Waals surface area contributed by atoms with E-state index in [1.54, 1.807) is 14.2 Å². The van der Waals surface area contributed by atoms with E-state index in [-0.39, 0.29) is 12.4 Å². The predicted octanol–water partition coefficient (Wildman–Crippen LogP) is 1.99. The molecule has 0 heterocycles. The van der Waals surface area contributed by atoms with Crippen LogP contribution in [0.25, 0.3) is 0 Å². The summed E-state index contributed by atoms with van der Waals surface area (Å²) in [6.45, 7) is 0. The first-order valence-corrected chi connectivity index (χ1v) is 4.96. The Labute approximate surface area is 78.9 Å². The van der Waals surface area contributed by atoms with Crippen LogP contribution < -0.4 is 0 Å². The molecule has 0 aromatic heterocycles. The van der Waals surface area contributed by atoms with E-state index in [9.17, 15) is 0 Å². The van der Waals surface area contributed by atoms with Crippen molar-refractivity contribution < 1.29 is 23.2 Å². The Morgan fingerprint density at radius 2 is 2.00 bits per heavy atom. The standard InChI is InChI=1S/C5H5.2CH3O.ClH.V/c1-2-4-5-3-1;2*1-2;;/h1-3H,4H2;2*1H3;1H;/q;2*-1;;+2. The molecule has 1 rings (SSSR count). The molecule has 0 saturated heterocycles. The molecule has 0 spiro atoms. The molecule has 0 bridgehead atoms. The Morgan fingerprint density at radius 3 is 2.36 bits per heavy atom. The summed E-state index contributed by atoms with van der Waals surface area (Å²) in [5.74, 6) is 0. The number of halogens is 1. The van der Waals surface area contributed by atoms with Gasteiger partial charge < -0.3 is 0 Å². The smallest absolute Gasteiger partial charge is 0.147 e. The topological polar surface area (TPSA) is 18.5 Å². The summed E-state index contributed by atoms with van der Waals surface area (Å²) in [6, 6.07) is 0. The molecule has 0 aromatic carbocycles. The first-order chi connectivity index (χ1) is 4.88. The van der Waals surface area contributed by atoms with E-state index in [0.717, 1.165) is 6.42 Å². The van der Waals surface area contributed by atoms with E-state index in [4.69, 9.17) is 7.32 Å². The van der Waals surface area contributed by atoms with Crippen molar-refractivity contribution in [2.45, 2.75) is 6.42 Å². The van der Waals surface area contributed by atoms with Crippen molar-refractivity contribution in [3.63, 3.8) is 0 Å². The molecule has 1 aliphatic carbocycles. The zero-order valence-electron chi connectivity index (χ0n) is 6.61. The normalized spacial score (nSPS) is 15.0. The minimum Gasteiger partial charge on any atom is -0.147 e. The van der Waals surface area contributed by atoms with E-state index >= 15 is 0 Å². The van der Waals surface area contributed by atoms with Gasteiger partial charge in [-0.15, -0.1) is 12.4 Å². The van der Waals surface area contributed by atoms with Crippen LogP contribution in [0.3, 0.4) is 0 Å². The summed E-state index contributed by atoms with van der Waals surface area (Å²) >= 11 is -1.51. The zero-order chi connectivity index (χ0) is 7.40. The molecule has 0 N–H and O–H groups in total. The minimum atomic E-state index is -1.51. The van der Waals surface area contributed by atoms with Gasteiger partial charge in [0, 0.05) is 0 Å². The molecule has 0 saturated carbocycles. The fraction of sp³-hybridized carbons (Fsp3) is 0.429. The van der Waals surface area contributed by atoms with Crippen molar-refractivity contribution in [2.75, 3.05) is 14.2 Å². The third-order valence-electron chi connectivity index (χ3n) is 1.32.